The lowest BCUT2D eigenvalue weighted by Crippen LogP contribution is -2.45. The normalized spacial score (nSPS) is 11.5. The van der Waals surface area contributed by atoms with Crippen LogP contribution in [-0.4, -0.2) is 23.0 Å². The summed E-state index contributed by atoms with van der Waals surface area (Å²) < 4.78 is 0. The van der Waals surface area contributed by atoms with Gasteiger partial charge in [-0.05, 0) is 32.0 Å². The number of benzene rings is 1. The molecule has 0 atom stereocenters. The molecule has 0 aliphatic carbocycles. The Kier molecular flexibility index (Phi) is 3.30. The van der Waals surface area contributed by atoms with Crippen LogP contribution in [0.25, 0.3) is 10.9 Å². The number of hydrogen-bond donors (Lipinski definition) is 2. The number of fused-ring (bicyclic) bond motifs is 1. The molecule has 0 saturated carbocycles. The Bertz CT molecular complexity index is 567. The zero-order valence-electron chi connectivity index (χ0n) is 10.6. The summed E-state index contributed by atoms with van der Waals surface area (Å²) in [7, 11) is 0. The average molecular weight is 243 g/mol. The van der Waals surface area contributed by atoms with E-state index < -0.39 is 5.54 Å². The Morgan fingerprint density at radius 2 is 2.11 bits per heavy atom. The molecule has 0 spiro atoms. The van der Waals surface area contributed by atoms with Gasteiger partial charge in [0.2, 0.25) is 0 Å². The van der Waals surface area contributed by atoms with E-state index in [-0.39, 0.29) is 5.91 Å². The summed E-state index contributed by atoms with van der Waals surface area (Å²) in [6, 6.07) is 9.23. The van der Waals surface area contributed by atoms with Gasteiger partial charge in [0.05, 0.1) is 5.52 Å². The van der Waals surface area contributed by atoms with Crippen molar-refractivity contribution in [3.05, 3.63) is 42.1 Å². The minimum Gasteiger partial charge on any atom is -0.350 e. The molecule has 2 aromatic rings. The lowest BCUT2D eigenvalue weighted by Gasteiger charge is -2.19. The highest BCUT2D eigenvalue weighted by Crippen LogP contribution is 2.16. The number of carbonyl (C=O) groups is 1. The number of nitrogens with one attached hydrogen (secondary N) is 1. The number of nitrogens with two attached hydrogens (primary N) is 1. The second-order valence-electron chi connectivity index (χ2n) is 5.05. The summed E-state index contributed by atoms with van der Waals surface area (Å²) in [5.74, 6) is -0.118. The fraction of sp³-hybridized carbons (Fsp3) is 0.286. The predicted octanol–water partition coefficient (Wildman–Crippen LogP) is 1.70. The first-order valence-corrected chi connectivity index (χ1v) is 5.88. The summed E-state index contributed by atoms with van der Waals surface area (Å²) in [6.45, 7) is 4.18. The number of pyridine rings is 1. The van der Waals surface area contributed by atoms with Gasteiger partial charge in [-0.1, -0.05) is 12.1 Å². The second kappa shape index (κ2) is 4.74. The number of aromatic nitrogens is 1. The fourth-order valence-corrected chi connectivity index (χ4v) is 1.70. The van der Waals surface area contributed by atoms with Gasteiger partial charge < -0.3 is 11.1 Å². The van der Waals surface area contributed by atoms with E-state index in [1.54, 1.807) is 12.3 Å². The second-order valence-corrected chi connectivity index (χ2v) is 5.05. The third kappa shape index (κ3) is 2.84. The van der Waals surface area contributed by atoms with Gasteiger partial charge in [-0.2, -0.15) is 0 Å². The van der Waals surface area contributed by atoms with Gasteiger partial charge in [-0.15, -0.1) is 0 Å². The van der Waals surface area contributed by atoms with Gasteiger partial charge in [-0.25, -0.2) is 0 Å². The molecule has 1 heterocycles. The van der Waals surface area contributed by atoms with Crippen LogP contribution in [-0.2, 0) is 0 Å². The molecule has 4 nitrogen and oxygen atoms in total. The quantitative estimate of drug-likeness (QED) is 0.862. The smallest absolute Gasteiger partial charge is 0.252 e. The van der Waals surface area contributed by atoms with E-state index in [0.29, 0.717) is 12.1 Å². The van der Waals surface area contributed by atoms with Gasteiger partial charge >= 0.3 is 0 Å². The Morgan fingerprint density at radius 1 is 1.33 bits per heavy atom. The topological polar surface area (TPSA) is 68.0 Å². The fourth-order valence-electron chi connectivity index (χ4n) is 1.70. The molecule has 0 radical (unpaired) electrons. The molecule has 94 valence electrons. The van der Waals surface area contributed by atoms with Crippen molar-refractivity contribution < 1.29 is 4.79 Å². The Morgan fingerprint density at radius 3 is 2.83 bits per heavy atom. The van der Waals surface area contributed by atoms with Crippen molar-refractivity contribution in [3.63, 3.8) is 0 Å². The van der Waals surface area contributed by atoms with Crippen LogP contribution in [0, 0.1) is 0 Å². The van der Waals surface area contributed by atoms with Crippen molar-refractivity contribution in [2.45, 2.75) is 19.4 Å². The molecule has 0 aliphatic rings. The maximum absolute atomic E-state index is 12.1. The zero-order valence-corrected chi connectivity index (χ0v) is 10.6. The first-order valence-electron chi connectivity index (χ1n) is 5.88. The van der Waals surface area contributed by atoms with Crippen LogP contribution in [0.3, 0.4) is 0 Å². The lowest BCUT2D eigenvalue weighted by molar-refractivity contribution is 0.0947. The molecule has 4 heteroatoms. The van der Waals surface area contributed by atoms with E-state index in [1.807, 2.05) is 38.1 Å². The SMILES string of the molecule is CC(C)(N)CNC(=O)c1cccc2ncccc12. The van der Waals surface area contributed by atoms with Crippen LogP contribution in [0.5, 0.6) is 0 Å². The molecule has 3 N–H and O–H groups in total. The molecule has 2 rings (SSSR count). The van der Waals surface area contributed by atoms with Crippen LogP contribution in [0.4, 0.5) is 0 Å². The minimum absolute atomic E-state index is 0.118. The molecule has 1 aromatic carbocycles. The standard InChI is InChI=1S/C14H17N3O/c1-14(2,15)9-17-13(18)11-5-3-7-12-10(11)6-4-8-16-12/h3-8H,9,15H2,1-2H3,(H,17,18). The molecule has 1 amide bonds. The lowest BCUT2D eigenvalue weighted by atomic mass is 10.1. The molecular formula is C14H17N3O. The van der Waals surface area contributed by atoms with Crippen LogP contribution < -0.4 is 11.1 Å². The summed E-state index contributed by atoms with van der Waals surface area (Å²) in [5, 5.41) is 3.69. The number of rotatable bonds is 3. The number of amides is 1. The van der Waals surface area contributed by atoms with Crippen LogP contribution in [0.15, 0.2) is 36.5 Å². The maximum atomic E-state index is 12.1. The first-order chi connectivity index (χ1) is 8.47. The summed E-state index contributed by atoms with van der Waals surface area (Å²) in [4.78, 5) is 16.3. The van der Waals surface area contributed by atoms with Gasteiger partial charge in [0.25, 0.3) is 5.91 Å². The summed E-state index contributed by atoms with van der Waals surface area (Å²) in [5.41, 5.74) is 6.88. The molecular weight excluding hydrogens is 226 g/mol. The number of hydrogen-bond acceptors (Lipinski definition) is 3. The van der Waals surface area contributed by atoms with Crippen LogP contribution in [0.2, 0.25) is 0 Å². The minimum atomic E-state index is -0.418. The summed E-state index contributed by atoms with van der Waals surface area (Å²) >= 11 is 0. The average Bonchev–Trinajstić information content (AvgIpc) is 2.34. The zero-order chi connectivity index (χ0) is 13.2. The van der Waals surface area contributed by atoms with Crippen LogP contribution in [0.1, 0.15) is 24.2 Å². The Hall–Kier alpha value is -1.94. The molecule has 0 saturated heterocycles. The van der Waals surface area contributed by atoms with Gasteiger partial charge in [0.15, 0.2) is 0 Å². The van der Waals surface area contributed by atoms with E-state index in [0.717, 1.165) is 10.9 Å². The third-order valence-corrected chi connectivity index (χ3v) is 2.59. The Labute approximate surface area is 106 Å². The highest BCUT2D eigenvalue weighted by atomic mass is 16.1. The van der Waals surface area contributed by atoms with Crippen molar-refractivity contribution in [1.82, 2.24) is 10.3 Å². The molecule has 1 aromatic heterocycles. The van der Waals surface area contributed by atoms with Crippen molar-refractivity contribution in [2.24, 2.45) is 5.73 Å². The predicted molar refractivity (Wildman–Crippen MR) is 72.3 cm³/mol. The Balaban J connectivity index is 2.28. The molecule has 18 heavy (non-hydrogen) atoms. The van der Waals surface area contributed by atoms with Crippen molar-refractivity contribution >= 4 is 16.8 Å². The highest BCUT2D eigenvalue weighted by molar-refractivity contribution is 6.06. The number of nitrogens with zero attached hydrogens (tertiary/aromatic N) is 1. The maximum Gasteiger partial charge on any atom is 0.252 e. The van der Waals surface area contributed by atoms with Gasteiger partial charge in [0, 0.05) is 29.2 Å². The van der Waals surface area contributed by atoms with E-state index in [1.165, 1.54) is 0 Å². The largest absolute Gasteiger partial charge is 0.350 e. The van der Waals surface area contributed by atoms with Gasteiger partial charge in [0.1, 0.15) is 0 Å². The van der Waals surface area contributed by atoms with Gasteiger partial charge in [-0.3, -0.25) is 9.78 Å². The first kappa shape index (κ1) is 12.5. The van der Waals surface area contributed by atoms with E-state index in [2.05, 4.69) is 10.3 Å². The van der Waals surface area contributed by atoms with Crippen molar-refractivity contribution in [1.29, 1.82) is 0 Å². The molecule has 0 bridgehead atoms. The van der Waals surface area contributed by atoms with Crippen molar-refractivity contribution in [2.75, 3.05) is 6.54 Å². The number of carbonyl (C=O) groups excluding carboxylic acids is 1. The van der Waals surface area contributed by atoms with Crippen LogP contribution >= 0.6 is 0 Å². The highest BCUT2D eigenvalue weighted by Gasteiger charge is 2.14. The van der Waals surface area contributed by atoms with E-state index >= 15 is 0 Å². The molecule has 0 aliphatic heterocycles. The third-order valence-electron chi connectivity index (χ3n) is 2.59. The van der Waals surface area contributed by atoms with Crippen molar-refractivity contribution in [3.8, 4) is 0 Å². The van der Waals surface area contributed by atoms with E-state index in [4.69, 9.17) is 5.73 Å². The molecule has 0 fully saturated rings. The monoisotopic (exact) mass is 243 g/mol. The summed E-state index contributed by atoms with van der Waals surface area (Å²) in [6.07, 6.45) is 1.72. The van der Waals surface area contributed by atoms with E-state index in [9.17, 15) is 4.79 Å². The molecule has 0 unspecified atom stereocenters.